The lowest BCUT2D eigenvalue weighted by molar-refractivity contribution is -0.142. The van der Waals surface area contributed by atoms with Gasteiger partial charge in [-0.15, -0.1) is 12.4 Å². The first-order valence-corrected chi connectivity index (χ1v) is 4.25. The zero-order valence-electron chi connectivity index (χ0n) is 6.90. The summed E-state index contributed by atoms with van der Waals surface area (Å²) in [7, 11) is 0. The normalized spacial score (nSPS) is 10.5. The third kappa shape index (κ3) is 1.99. The minimum atomic E-state index is -0.782. The van der Waals surface area contributed by atoms with E-state index in [0.717, 1.165) is 5.56 Å². The molecule has 2 nitrogen and oxygen atoms in total. The Kier molecular flexibility index (Phi) is 3.74. The number of carbonyl (C=O) groups is 1. The number of hydrogen-bond donors (Lipinski definition) is 1. The maximum absolute atomic E-state index is 10.7. The lowest BCUT2D eigenvalue weighted by Crippen LogP contribution is -2.27. The predicted octanol–water partition coefficient (Wildman–Crippen LogP) is 2.53. The molecule has 0 aromatic carbocycles. The number of halogens is 1. The highest BCUT2D eigenvalue weighted by Gasteiger charge is 2.29. The standard InChI is InChI=1S/C8H10O2S.ClH/c1-8(2,7(9)10)6-3-4-11-5-6;/h3-5H,1-2H3,(H,9,10);1H. The Balaban J connectivity index is 0.00000121. The largest absolute Gasteiger partial charge is 0.481 e. The maximum atomic E-state index is 10.7. The fourth-order valence-electron chi connectivity index (χ4n) is 0.744. The van der Waals surface area contributed by atoms with Crippen molar-refractivity contribution in [1.82, 2.24) is 0 Å². The second-order valence-corrected chi connectivity index (χ2v) is 3.72. The SMILES string of the molecule is CC(C)(C(=O)O)c1ccsc1.Cl. The highest BCUT2D eigenvalue weighted by molar-refractivity contribution is 7.08. The van der Waals surface area contributed by atoms with Crippen LogP contribution in [0.4, 0.5) is 0 Å². The van der Waals surface area contributed by atoms with E-state index in [4.69, 9.17) is 5.11 Å². The average molecular weight is 207 g/mol. The van der Waals surface area contributed by atoms with Crippen LogP contribution in [0.1, 0.15) is 19.4 Å². The van der Waals surface area contributed by atoms with Crippen LogP contribution in [0, 0.1) is 0 Å². The Morgan fingerprint density at radius 1 is 1.58 bits per heavy atom. The van der Waals surface area contributed by atoms with Gasteiger partial charge in [-0.2, -0.15) is 11.3 Å². The minimum Gasteiger partial charge on any atom is -0.481 e. The van der Waals surface area contributed by atoms with Crippen molar-refractivity contribution in [2.75, 3.05) is 0 Å². The van der Waals surface area contributed by atoms with E-state index in [1.165, 1.54) is 11.3 Å². The fourth-order valence-corrected chi connectivity index (χ4v) is 1.57. The van der Waals surface area contributed by atoms with Gasteiger partial charge in [0, 0.05) is 0 Å². The molecule has 4 heteroatoms. The Bertz CT molecular complexity index is 254. The summed E-state index contributed by atoms with van der Waals surface area (Å²) in [6, 6.07) is 1.85. The molecule has 1 aromatic heterocycles. The molecule has 0 atom stereocenters. The van der Waals surface area contributed by atoms with E-state index < -0.39 is 11.4 Å². The molecule has 68 valence electrons. The molecule has 0 saturated heterocycles. The number of rotatable bonds is 2. The summed E-state index contributed by atoms with van der Waals surface area (Å²) in [5.41, 5.74) is 0.120. The van der Waals surface area contributed by atoms with Gasteiger partial charge in [0.15, 0.2) is 0 Å². The summed E-state index contributed by atoms with van der Waals surface area (Å²) >= 11 is 1.52. The summed E-state index contributed by atoms with van der Waals surface area (Å²) in [5, 5.41) is 12.6. The average Bonchev–Trinajstić information content (AvgIpc) is 2.37. The molecular weight excluding hydrogens is 196 g/mol. The summed E-state index contributed by atoms with van der Waals surface area (Å²) in [6.07, 6.45) is 0. The molecular formula is C8H11ClO2S. The Morgan fingerprint density at radius 2 is 2.17 bits per heavy atom. The Morgan fingerprint density at radius 3 is 2.50 bits per heavy atom. The topological polar surface area (TPSA) is 37.3 Å². The van der Waals surface area contributed by atoms with Crippen LogP contribution in [0.5, 0.6) is 0 Å². The second kappa shape index (κ2) is 3.92. The first kappa shape index (κ1) is 11.5. The van der Waals surface area contributed by atoms with E-state index in [1.54, 1.807) is 13.8 Å². The highest BCUT2D eigenvalue weighted by Crippen LogP contribution is 2.24. The van der Waals surface area contributed by atoms with E-state index in [0.29, 0.717) is 0 Å². The molecule has 0 aliphatic carbocycles. The minimum absolute atomic E-state index is 0. The first-order chi connectivity index (χ1) is 5.05. The quantitative estimate of drug-likeness (QED) is 0.808. The van der Waals surface area contributed by atoms with Crippen molar-refractivity contribution < 1.29 is 9.90 Å². The van der Waals surface area contributed by atoms with Gasteiger partial charge >= 0.3 is 5.97 Å². The van der Waals surface area contributed by atoms with Crippen molar-refractivity contribution in [3.63, 3.8) is 0 Å². The maximum Gasteiger partial charge on any atom is 0.313 e. The third-order valence-electron chi connectivity index (χ3n) is 1.78. The molecule has 1 N–H and O–H groups in total. The fraction of sp³-hybridized carbons (Fsp3) is 0.375. The second-order valence-electron chi connectivity index (χ2n) is 2.94. The van der Waals surface area contributed by atoms with Crippen LogP contribution in [0.2, 0.25) is 0 Å². The molecule has 0 fully saturated rings. The van der Waals surface area contributed by atoms with Crippen LogP contribution in [0.3, 0.4) is 0 Å². The van der Waals surface area contributed by atoms with Crippen LogP contribution in [-0.4, -0.2) is 11.1 Å². The van der Waals surface area contributed by atoms with Gasteiger partial charge in [-0.1, -0.05) is 0 Å². The number of aliphatic carboxylic acids is 1. The molecule has 0 radical (unpaired) electrons. The highest BCUT2D eigenvalue weighted by atomic mass is 35.5. The van der Waals surface area contributed by atoms with Gasteiger partial charge < -0.3 is 5.11 Å². The van der Waals surface area contributed by atoms with E-state index in [-0.39, 0.29) is 12.4 Å². The van der Waals surface area contributed by atoms with Crippen molar-refractivity contribution in [1.29, 1.82) is 0 Å². The summed E-state index contributed by atoms with van der Waals surface area (Å²) < 4.78 is 0. The zero-order valence-corrected chi connectivity index (χ0v) is 8.54. The van der Waals surface area contributed by atoms with Crippen molar-refractivity contribution >= 4 is 29.7 Å². The Labute approximate surface area is 81.6 Å². The van der Waals surface area contributed by atoms with Gasteiger partial charge in [-0.3, -0.25) is 4.79 Å². The van der Waals surface area contributed by atoms with Gasteiger partial charge in [0.05, 0.1) is 5.41 Å². The number of carboxylic acid groups (broad SMARTS) is 1. The summed E-state index contributed by atoms with van der Waals surface area (Å²) in [5.74, 6) is -0.782. The molecule has 0 spiro atoms. The summed E-state index contributed by atoms with van der Waals surface area (Å²) in [4.78, 5) is 10.7. The van der Waals surface area contributed by atoms with Gasteiger partial charge in [-0.05, 0) is 36.2 Å². The van der Waals surface area contributed by atoms with Crippen LogP contribution in [0.25, 0.3) is 0 Å². The molecule has 0 unspecified atom stereocenters. The molecule has 1 rings (SSSR count). The molecule has 0 saturated carbocycles. The van der Waals surface area contributed by atoms with Crippen molar-refractivity contribution in [2.24, 2.45) is 0 Å². The van der Waals surface area contributed by atoms with Crippen molar-refractivity contribution in [2.45, 2.75) is 19.3 Å². The van der Waals surface area contributed by atoms with E-state index >= 15 is 0 Å². The monoisotopic (exact) mass is 206 g/mol. The number of thiophene rings is 1. The molecule has 12 heavy (non-hydrogen) atoms. The van der Waals surface area contributed by atoms with Crippen LogP contribution in [0.15, 0.2) is 16.8 Å². The van der Waals surface area contributed by atoms with Crippen LogP contribution in [-0.2, 0) is 10.2 Å². The zero-order chi connectivity index (χ0) is 8.48. The third-order valence-corrected chi connectivity index (χ3v) is 2.46. The van der Waals surface area contributed by atoms with Crippen molar-refractivity contribution in [3.05, 3.63) is 22.4 Å². The lowest BCUT2D eigenvalue weighted by atomic mass is 9.87. The van der Waals surface area contributed by atoms with E-state index in [2.05, 4.69) is 0 Å². The van der Waals surface area contributed by atoms with Gasteiger partial charge in [0.25, 0.3) is 0 Å². The van der Waals surface area contributed by atoms with Crippen molar-refractivity contribution in [3.8, 4) is 0 Å². The number of carboxylic acids is 1. The first-order valence-electron chi connectivity index (χ1n) is 3.31. The molecule has 0 amide bonds. The van der Waals surface area contributed by atoms with Gasteiger partial charge in [-0.25, -0.2) is 0 Å². The lowest BCUT2D eigenvalue weighted by Gasteiger charge is -2.16. The van der Waals surface area contributed by atoms with Gasteiger partial charge in [0.1, 0.15) is 0 Å². The predicted molar refractivity (Wildman–Crippen MR) is 52.2 cm³/mol. The Hall–Kier alpha value is -0.540. The molecule has 1 aromatic rings. The van der Waals surface area contributed by atoms with E-state index in [1.807, 2.05) is 16.8 Å². The summed E-state index contributed by atoms with van der Waals surface area (Å²) in [6.45, 7) is 3.41. The molecule has 1 heterocycles. The smallest absolute Gasteiger partial charge is 0.313 e. The van der Waals surface area contributed by atoms with E-state index in [9.17, 15) is 4.79 Å². The van der Waals surface area contributed by atoms with Crippen LogP contribution < -0.4 is 0 Å². The molecule has 0 aliphatic heterocycles. The van der Waals surface area contributed by atoms with Gasteiger partial charge in [0.2, 0.25) is 0 Å². The molecule has 0 bridgehead atoms. The molecule has 0 aliphatic rings. The van der Waals surface area contributed by atoms with Crippen LogP contribution >= 0.6 is 23.7 Å². The number of hydrogen-bond acceptors (Lipinski definition) is 2.